The maximum atomic E-state index is 12.2. The van der Waals surface area contributed by atoms with Crippen molar-refractivity contribution in [2.24, 2.45) is 0 Å². The van der Waals surface area contributed by atoms with E-state index in [1.54, 1.807) is 6.20 Å². The SMILES string of the molecule is Cc1ccc(CC(=O)Nc2ccc(N(C)Cc3ccccc3)nc2)cc1. The molecule has 0 aliphatic rings. The summed E-state index contributed by atoms with van der Waals surface area (Å²) in [5.41, 5.74) is 4.13. The second-order valence-electron chi connectivity index (χ2n) is 6.46. The molecule has 3 rings (SSSR count). The molecule has 4 heteroatoms. The van der Waals surface area contributed by atoms with Crippen LogP contribution in [0.4, 0.5) is 11.5 Å². The molecule has 4 nitrogen and oxygen atoms in total. The van der Waals surface area contributed by atoms with Crippen molar-refractivity contribution in [1.82, 2.24) is 4.98 Å². The van der Waals surface area contributed by atoms with Crippen molar-refractivity contribution >= 4 is 17.4 Å². The summed E-state index contributed by atoms with van der Waals surface area (Å²) in [7, 11) is 2.00. The second kappa shape index (κ2) is 8.30. The Labute approximate surface area is 154 Å². The predicted molar refractivity (Wildman–Crippen MR) is 106 cm³/mol. The molecule has 0 saturated heterocycles. The van der Waals surface area contributed by atoms with Gasteiger partial charge >= 0.3 is 0 Å². The van der Waals surface area contributed by atoms with Crippen LogP contribution in [0.2, 0.25) is 0 Å². The molecule has 1 amide bonds. The van der Waals surface area contributed by atoms with Crippen molar-refractivity contribution < 1.29 is 4.79 Å². The van der Waals surface area contributed by atoms with Gasteiger partial charge in [-0.1, -0.05) is 60.2 Å². The highest BCUT2D eigenvalue weighted by atomic mass is 16.1. The minimum Gasteiger partial charge on any atom is -0.355 e. The van der Waals surface area contributed by atoms with Crippen molar-refractivity contribution in [3.05, 3.63) is 89.6 Å². The summed E-state index contributed by atoms with van der Waals surface area (Å²) >= 11 is 0. The van der Waals surface area contributed by atoms with E-state index in [-0.39, 0.29) is 5.91 Å². The van der Waals surface area contributed by atoms with Gasteiger partial charge in [-0.3, -0.25) is 4.79 Å². The molecule has 3 aromatic rings. The van der Waals surface area contributed by atoms with Crippen LogP contribution < -0.4 is 10.2 Å². The summed E-state index contributed by atoms with van der Waals surface area (Å²) in [5, 5.41) is 2.90. The number of nitrogens with zero attached hydrogens (tertiary/aromatic N) is 2. The number of hydrogen-bond donors (Lipinski definition) is 1. The van der Waals surface area contributed by atoms with E-state index in [1.807, 2.05) is 68.6 Å². The standard InChI is InChI=1S/C22H23N3O/c1-17-8-10-18(11-9-17)14-22(26)24-20-12-13-21(23-15-20)25(2)16-19-6-4-3-5-7-19/h3-13,15H,14,16H2,1-2H3,(H,24,26). The molecule has 0 bridgehead atoms. The number of carbonyl (C=O) groups excluding carboxylic acids is 1. The predicted octanol–water partition coefficient (Wildman–Crippen LogP) is 4.21. The van der Waals surface area contributed by atoms with E-state index in [1.165, 1.54) is 11.1 Å². The monoisotopic (exact) mass is 345 g/mol. The molecule has 0 atom stereocenters. The van der Waals surface area contributed by atoms with Crippen LogP contribution in [0.1, 0.15) is 16.7 Å². The molecule has 0 fully saturated rings. The molecule has 0 aliphatic carbocycles. The van der Waals surface area contributed by atoms with Gasteiger partial charge in [-0.05, 0) is 30.2 Å². The zero-order valence-electron chi connectivity index (χ0n) is 15.1. The number of nitrogens with one attached hydrogen (secondary N) is 1. The van der Waals surface area contributed by atoms with Gasteiger partial charge in [0.15, 0.2) is 0 Å². The Balaban J connectivity index is 1.56. The van der Waals surface area contributed by atoms with Crippen LogP contribution >= 0.6 is 0 Å². The Morgan fingerprint density at radius 2 is 1.69 bits per heavy atom. The third-order valence-electron chi connectivity index (χ3n) is 4.17. The molecule has 1 aromatic heterocycles. The zero-order valence-corrected chi connectivity index (χ0v) is 15.1. The molecule has 132 valence electrons. The Morgan fingerprint density at radius 1 is 0.962 bits per heavy atom. The van der Waals surface area contributed by atoms with Crippen LogP contribution in [0.3, 0.4) is 0 Å². The fourth-order valence-electron chi connectivity index (χ4n) is 2.72. The number of amides is 1. The second-order valence-corrected chi connectivity index (χ2v) is 6.46. The number of benzene rings is 2. The van der Waals surface area contributed by atoms with E-state index < -0.39 is 0 Å². The Kier molecular flexibility index (Phi) is 5.64. The summed E-state index contributed by atoms with van der Waals surface area (Å²) in [6.45, 7) is 2.82. The van der Waals surface area contributed by atoms with Crippen LogP contribution in [0.5, 0.6) is 0 Å². The minimum atomic E-state index is -0.0407. The number of rotatable bonds is 6. The van der Waals surface area contributed by atoms with Crippen LogP contribution in [-0.4, -0.2) is 17.9 Å². The average molecular weight is 345 g/mol. The van der Waals surface area contributed by atoms with Crippen LogP contribution in [0, 0.1) is 6.92 Å². The lowest BCUT2D eigenvalue weighted by Gasteiger charge is -2.18. The first-order chi connectivity index (χ1) is 12.6. The maximum Gasteiger partial charge on any atom is 0.228 e. The molecule has 0 radical (unpaired) electrons. The molecular weight excluding hydrogens is 322 g/mol. The Bertz CT molecular complexity index is 843. The number of aryl methyl sites for hydroxylation is 1. The van der Waals surface area contributed by atoms with Crippen molar-refractivity contribution in [3.63, 3.8) is 0 Å². The molecule has 0 saturated carbocycles. The first-order valence-corrected chi connectivity index (χ1v) is 8.67. The highest BCUT2D eigenvalue weighted by molar-refractivity contribution is 5.92. The van der Waals surface area contributed by atoms with Gasteiger partial charge in [0.1, 0.15) is 5.82 Å². The molecule has 0 unspecified atom stereocenters. The van der Waals surface area contributed by atoms with E-state index in [9.17, 15) is 4.79 Å². The number of hydrogen-bond acceptors (Lipinski definition) is 3. The van der Waals surface area contributed by atoms with Gasteiger partial charge in [0.05, 0.1) is 18.3 Å². The molecule has 0 aliphatic heterocycles. The summed E-state index contributed by atoms with van der Waals surface area (Å²) in [5.74, 6) is 0.825. The van der Waals surface area contributed by atoms with Crippen molar-refractivity contribution in [2.75, 3.05) is 17.3 Å². The third-order valence-corrected chi connectivity index (χ3v) is 4.17. The van der Waals surface area contributed by atoms with Gasteiger partial charge in [-0.25, -0.2) is 4.98 Å². The van der Waals surface area contributed by atoms with Gasteiger partial charge in [0.25, 0.3) is 0 Å². The minimum absolute atomic E-state index is 0.0407. The number of aromatic nitrogens is 1. The topological polar surface area (TPSA) is 45.2 Å². The Hall–Kier alpha value is -3.14. The molecular formula is C22H23N3O. The number of carbonyl (C=O) groups is 1. The quantitative estimate of drug-likeness (QED) is 0.728. The fraction of sp³-hybridized carbons (Fsp3) is 0.182. The summed E-state index contributed by atoms with van der Waals surface area (Å²) < 4.78 is 0. The van der Waals surface area contributed by atoms with Gasteiger partial charge in [-0.15, -0.1) is 0 Å². The van der Waals surface area contributed by atoms with E-state index in [0.29, 0.717) is 12.1 Å². The van der Waals surface area contributed by atoms with Crippen molar-refractivity contribution in [1.29, 1.82) is 0 Å². The molecule has 1 N–H and O–H groups in total. The highest BCUT2D eigenvalue weighted by Gasteiger charge is 2.07. The molecule has 1 heterocycles. The molecule has 2 aromatic carbocycles. The third kappa shape index (κ3) is 4.93. The fourth-order valence-corrected chi connectivity index (χ4v) is 2.72. The van der Waals surface area contributed by atoms with E-state index >= 15 is 0 Å². The lowest BCUT2D eigenvalue weighted by atomic mass is 10.1. The van der Waals surface area contributed by atoms with Gasteiger partial charge in [0.2, 0.25) is 5.91 Å². The lowest BCUT2D eigenvalue weighted by molar-refractivity contribution is -0.115. The lowest BCUT2D eigenvalue weighted by Crippen LogP contribution is -2.18. The van der Waals surface area contributed by atoms with Crippen molar-refractivity contribution in [2.45, 2.75) is 19.9 Å². The van der Waals surface area contributed by atoms with Gasteiger partial charge in [0, 0.05) is 13.6 Å². The largest absolute Gasteiger partial charge is 0.355 e. The maximum absolute atomic E-state index is 12.2. The first kappa shape index (κ1) is 17.7. The summed E-state index contributed by atoms with van der Waals surface area (Å²) in [4.78, 5) is 18.7. The molecule has 0 spiro atoms. The van der Waals surface area contributed by atoms with Gasteiger partial charge in [-0.2, -0.15) is 0 Å². The normalized spacial score (nSPS) is 10.4. The van der Waals surface area contributed by atoms with E-state index in [4.69, 9.17) is 0 Å². The van der Waals surface area contributed by atoms with Crippen LogP contribution in [0.15, 0.2) is 72.9 Å². The average Bonchev–Trinajstić information content (AvgIpc) is 2.65. The first-order valence-electron chi connectivity index (χ1n) is 8.67. The Morgan fingerprint density at radius 3 is 2.35 bits per heavy atom. The zero-order chi connectivity index (χ0) is 18.4. The van der Waals surface area contributed by atoms with Crippen molar-refractivity contribution in [3.8, 4) is 0 Å². The smallest absolute Gasteiger partial charge is 0.228 e. The summed E-state index contributed by atoms with van der Waals surface area (Å²) in [6.07, 6.45) is 2.06. The molecule has 26 heavy (non-hydrogen) atoms. The van der Waals surface area contributed by atoms with E-state index in [0.717, 1.165) is 17.9 Å². The summed E-state index contributed by atoms with van der Waals surface area (Å²) in [6, 6.07) is 22.1. The number of pyridine rings is 1. The van der Waals surface area contributed by atoms with E-state index in [2.05, 4.69) is 27.3 Å². The van der Waals surface area contributed by atoms with Crippen LogP contribution in [-0.2, 0) is 17.8 Å². The van der Waals surface area contributed by atoms with Crippen LogP contribution in [0.25, 0.3) is 0 Å². The highest BCUT2D eigenvalue weighted by Crippen LogP contribution is 2.16. The number of anilines is 2. The van der Waals surface area contributed by atoms with Gasteiger partial charge < -0.3 is 10.2 Å².